The molecule has 0 heterocycles. The molecule has 2 aromatic rings. The number of benzene rings is 2. The second kappa shape index (κ2) is 7.67. The van der Waals surface area contributed by atoms with Gasteiger partial charge in [0.1, 0.15) is 0 Å². The van der Waals surface area contributed by atoms with Crippen LogP contribution in [0.1, 0.15) is 25.0 Å². The van der Waals surface area contributed by atoms with Crippen molar-refractivity contribution >= 4 is 33.2 Å². The first-order valence-electron chi connectivity index (χ1n) is 7.30. The molecule has 124 valence electrons. The van der Waals surface area contributed by atoms with E-state index in [9.17, 15) is 8.42 Å². The summed E-state index contributed by atoms with van der Waals surface area (Å²) in [5.74, 6) is 0.530. The van der Waals surface area contributed by atoms with Gasteiger partial charge in [-0.2, -0.15) is 0 Å². The van der Waals surface area contributed by atoms with E-state index in [1.165, 1.54) is 0 Å². The van der Waals surface area contributed by atoms with Gasteiger partial charge in [-0.25, -0.2) is 13.1 Å². The molecule has 6 heteroatoms. The molecule has 0 aliphatic rings. The minimum Gasteiger partial charge on any atom is -0.207 e. The van der Waals surface area contributed by atoms with Crippen molar-refractivity contribution in [3.05, 3.63) is 63.6 Å². The first kappa shape index (κ1) is 18.3. The number of sulfonamides is 1. The summed E-state index contributed by atoms with van der Waals surface area (Å²) in [6, 6.07) is 11.9. The van der Waals surface area contributed by atoms with E-state index in [-0.39, 0.29) is 11.4 Å². The van der Waals surface area contributed by atoms with Gasteiger partial charge in [-0.1, -0.05) is 55.2 Å². The molecule has 0 saturated heterocycles. The van der Waals surface area contributed by atoms with Crippen LogP contribution < -0.4 is 4.72 Å². The van der Waals surface area contributed by atoms with Crippen LogP contribution in [-0.4, -0.2) is 8.42 Å². The molecule has 0 radical (unpaired) electrons. The largest absolute Gasteiger partial charge is 0.240 e. The average molecular weight is 372 g/mol. The predicted molar refractivity (Wildman–Crippen MR) is 95.5 cm³/mol. The van der Waals surface area contributed by atoms with E-state index in [0.717, 1.165) is 12.0 Å². The smallest absolute Gasteiger partial charge is 0.207 e. The van der Waals surface area contributed by atoms with Crippen molar-refractivity contribution in [3.63, 3.8) is 0 Å². The quantitative estimate of drug-likeness (QED) is 0.801. The monoisotopic (exact) mass is 371 g/mol. The molecule has 0 bridgehead atoms. The highest BCUT2D eigenvalue weighted by molar-refractivity contribution is 7.89. The third kappa shape index (κ3) is 5.21. The molecule has 2 rings (SSSR count). The molecular weight excluding hydrogens is 353 g/mol. The molecule has 0 fully saturated rings. The van der Waals surface area contributed by atoms with Gasteiger partial charge in [0.2, 0.25) is 10.0 Å². The summed E-state index contributed by atoms with van der Waals surface area (Å²) in [5.41, 5.74) is 1.80. The second-order valence-electron chi connectivity index (χ2n) is 5.80. The van der Waals surface area contributed by atoms with Crippen LogP contribution in [0.4, 0.5) is 0 Å². The predicted octanol–water partition coefficient (Wildman–Crippen LogP) is 4.67. The van der Waals surface area contributed by atoms with Gasteiger partial charge in [0.15, 0.2) is 0 Å². The second-order valence-corrected chi connectivity index (χ2v) is 8.41. The molecule has 0 amide bonds. The summed E-state index contributed by atoms with van der Waals surface area (Å²) < 4.78 is 27.2. The van der Waals surface area contributed by atoms with E-state index >= 15 is 0 Å². The van der Waals surface area contributed by atoms with E-state index < -0.39 is 10.0 Å². The Balaban J connectivity index is 2.09. The summed E-state index contributed by atoms with van der Waals surface area (Å²) in [6.45, 7) is 4.37. The Bertz CT molecular complexity index is 772. The Morgan fingerprint density at radius 2 is 1.70 bits per heavy atom. The van der Waals surface area contributed by atoms with Gasteiger partial charge in [0.05, 0.1) is 4.90 Å². The van der Waals surface area contributed by atoms with Gasteiger partial charge in [-0.05, 0) is 47.7 Å². The Labute approximate surface area is 147 Å². The lowest BCUT2D eigenvalue weighted by atomic mass is 10.0. The van der Waals surface area contributed by atoms with Crippen LogP contribution in [-0.2, 0) is 23.0 Å². The molecular formula is C17H19Cl2NO2S. The summed E-state index contributed by atoms with van der Waals surface area (Å²) >= 11 is 11.9. The third-order valence-corrected chi connectivity index (χ3v) is 5.35. The lowest BCUT2D eigenvalue weighted by Gasteiger charge is -2.10. The van der Waals surface area contributed by atoms with Crippen molar-refractivity contribution in [2.45, 2.75) is 31.7 Å². The zero-order valence-electron chi connectivity index (χ0n) is 13.0. The molecule has 1 N–H and O–H groups in total. The molecule has 0 aliphatic carbocycles. The van der Waals surface area contributed by atoms with Crippen LogP contribution in [0, 0.1) is 5.92 Å². The molecule has 0 spiro atoms. The molecule has 0 aliphatic heterocycles. The number of hydrogen-bond donors (Lipinski definition) is 1. The molecule has 0 unspecified atom stereocenters. The van der Waals surface area contributed by atoms with E-state index in [2.05, 4.69) is 18.6 Å². The van der Waals surface area contributed by atoms with Crippen molar-refractivity contribution < 1.29 is 8.42 Å². The Morgan fingerprint density at radius 1 is 1.04 bits per heavy atom. The molecule has 0 aromatic heterocycles. The summed E-state index contributed by atoms with van der Waals surface area (Å²) in [7, 11) is -3.57. The Morgan fingerprint density at radius 3 is 2.26 bits per heavy atom. The minimum atomic E-state index is -3.57. The Kier molecular flexibility index (Phi) is 6.09. The van der Waals surface area contributed by atoms with Crippen molar-refractivity contribution in [2.75, 3.05) is 0 Å². The first-order chi connectivity index (χ1) is 10.8. The lowest BCUT2D eigenvalue weighted by molar-refractivity contribution is 0.581. The highest BCUT2D eigenvalue weighted by atomic mass is 35.5. The van der Waals surface area contributed by atoms with Gasteiger partial charge in [-0.15, -0.1) is 0 Å². The topological polar surface area (TPSA) is 46.2 Å². The zero-order valence-corrected chi connectivity index (χ0v) is 15.3. The number of rotatable bonds is 6. The fourth-order valence-corrected chi connectivity index (χ4v) is 3.68. The molecule has 0 saturated carbocycles. The number of halogens is 2. The SMILES string of the molecule is CC(C)Cc1ccc(S(=O)(=O)NCc2ccc(Cl)cc2Cl)cc1. The van der Waals surface area contributed by atoms with Crippen molar-refractivity contribution in [1.82, 2.24) is 4.72 Å². The average Bonchev–Trinajstić information content (AvgIpc) is 2.46. The zero-order chi connectivity index (χ0) is 17.0. The molecule has 2 aromatic carbocycles. The standard InChI is InChI=1S/C17H19Cl2NO2S/c1-12(2)9-13-3-7-16(8-4-13)23(21,22)20-11-14-5-6-15(18)10-17(14)19/h3-8,10,12,20H,9,11H2,1-2H3. The van der Waals surface area contributed by atoms with E-state index in [1.807, 2.05) is 12.1 Å². The first-order valence-corrected chi connectivity index (χ1v) is 9.54. The highest BCUT2D eigenvalue weighted by Crippen LogP contribution is 2.21. The fourth-order valence-electron chi connectivity index (χ4n) is 2.20. The van der Waals surface area contributed by atoms with Gasteiger partial charge in [0, 0.05) is 16.6 Å². The van der Waals surface area contributed by atoms with E-state index in [4.69, 9.17) is 23.2 Å². The van der Waals surface area contributed by atoms with Crippen LogP contribution >= 0.6 is 23.2 Å². The maximum Gasteiger partial charge on any atom is 0.240 e. The van der Waals surface area contributed by atoms with Gasteiger partial charge in [-0.3, -0.25) is 0 Å². The normalized spacial score (nSPS) is 11.9. The van der Waals surface area contributed by atoms with Crippen LogP contribution in [0.3, 0.4) is 0 Å². The van der Waals surface area contributed by atoms with Crippen molar-refractivity contribution in [1.29, 1.82) is 0 Å². The summed E-state index contributed by atoms with van der Waals surface area (Å²) in [5, 5.41) is 0.954. The van der Waals surface area contributed by atoms with Crippen molar-refractivity contribution in [3.8, 4) is 0 Å². The fraction of sp³-hybridized carbons (Fsp3) is 0.294. The summed E-state index contributed by atoms with van der Waals surface area (Å²) in [4.78, 5) is 0.245. The maximum absolute atomic E-state index is 12.3. The van der Waals surface area contributed by atoms with Gasteiger partial charge in [0.25, 0.3) is 0 Å². The van der Waals surface area contributed by atoms with Crippen LogP contribution in [0.15, 0.2) is 47.4 Å². The van der Waals surface area contributed by atoms with Crippen molar-refractivity contribution in [2.24, 2.45) is 5.92 Å². The molecule has 3 nitrogen and oxygen atoms in total. The third-order valence-electron chi connectivity index (χ3n) is 3.35. The van der Waals surface area contributed by atoms with Crippen LogP contribution in [0.5, 0.6) is 0 Å². The maximum atomic E-state index is 12.3. The Hall–Kier alpha value is -1.07. The molecule has 23 heavy (non-hydrogen) atoms. The number of hydrogen-bond acceptors (Lipinski definition) is 2. The van der Waals surface area contributed by atoms with E-state index in [0.29, 0.717) is 21.5 Å². The highest BCUT2D eigenvalue weighted by Gasteiger charge is 2.14. The van der Waals surface area contributed by atoms with Gasteiger partial charge >= 0.3 is 0 Å². The van der Waals surface area contributed by atoms with Crippen LogP contribution in [0.25, 0.3) is 0 Å². The molecule has 0 atom stereocenters. The van der Waals surface area contributed by atoms with Crippen LogP contribution in [0.2, 0.25) is 10.0 Å². The number of nitrogens with one attached hydrogen (secondary N) is 1. The van der Waals surface area contributed by atoms with Gasteiger partial charge < -0.3 is 0 Å². The lowest BCUT2D eigenvalue weighted by Crippen LogP contribution is -2.23. The van der Waals surface area contributed by atoms with E-state index in [1.54, 1.807) is 30.3 Å². The summed E-state index contributed by atoms with van der Waals surface area (Å²) in [6.07, 6.45) is 0.925. The minimum absolute atomic E-state index is 0.117.